The molecule has 184 valence electrons. The third-order valence-electron chi connectivity index (χ3n) is 5.59. The first-order chi connectivity index (χ1) is 16.7. The van der Waals surface area contributed by atoms with Gasteiger partial charge in [-0.3, -0.25) is 9.59 Å². The highest BCUT2D eigenvalue weighted by atomic mass is 32.2. The number of hydrogen-bond acceptors (Lipinski definition) is 4. The maximum Gasteiger partial charge on any atom is 0.258 e. The first kappa shape index (κ1) is 26.1. The molecule has 0 aliphatic heterocycles. The number of hydrogen-bond donors (Lipinski definition) is 2. The summed E-state index contributed by atoms with van der Waals surface area (Å²) in [6.07, 6.45) is 0. The minimum Gasteiger partial charge on any atom is -0.348 e. The van der Waals surface area contributed by atoms with Crippen molar-refractivity contribution in [3.05, 3.63) is 94.8 Å². The van der Waals surface area contributed by atoms with Crippen LogP contribution in [-0.2, 0) is 16.6 Å². The Bertz CT molecular complexity index is 1320. The molecule has 7 nitrogen and oxygen atoms in total. The molecule has 0 aliphatic carbocycles. The van der Waals surface area contributed by atoms with Gasteiger partial charge in [-0.15, -0.1) is 0 Å². The average Bonchev–Trinajstić information content (AvgIpc) is 2.85. The van der Waals surface area contributed by atoms with E-state index < -0.39 is 21.7 Å². The molecule has 0 heterocycles. The molecule has 3 aromatic carbocycles. The molecule has 35 heavy (non-hydrogen) atoms. The van der Waals surface area contributed by atoms with E-state index in [1.807, 2.05) is 0 Å². The van der Waals surface area contributed by atoms with Gasteiger partial charge in [-0.05, 0) is 54.4 Å². The van der Waals surface area contributed by atoms with Crippen molar-refractivity contribution in [3.63, 3.8) is 0 Å². The van der Waals surface area contributed by atoms with E-state index in [-0.39, 0.29) is 22.9 Å². The lowest BCUT2D eigenvalue weighted by Crippen LogP contribution is -2.30. The first-order valence-electron chi connectivity index (χ1n) is 11.2. The summed E-state index contributed by atoms with van der Waals surface area (Å²) >= 11 is 0. The average molecular weight is 498 g/mol. The van der Waals surface area contributed by atoms with Crippen LogP contribution in [0.25, 0.3) is 0 Å². The van der Waals surface area contributed by atoms with Gasteiger partial charge in [-0.1, -0.05) is 44.2 Å². The van der Waals surface area contributed by atoms with Crippen LogP contribution in [0.5, 0.6) is 0 Å². The van der Waals surface area contributed by atoms with Gasteiger partial charge >= 0.3 is 0 Å². The number of carbonyl (C=O) groups excluding carboxylic acids is 2. The predicted octanol–water partition coefficient (Wildman–Crippen LogP) is 4.35. The second-order valence-corrected chi connectivity index (χ2v) is 9.82. The molecule has 2 N–H and O–H groups in total. The van der Waals surface area contributed by atoms with Gasteiger partial charge in [0, 0.05) is 30.9 Å². The number of rotatable bonds is 9. The second-order valence-electron chi connectivity index (χ2n) is 7.88. The van der Waals surface area contributed by atoms with Gasteiger partial charge in [0.15, 0.2) is 0 Å². The molecule has 0 radical (unpaired) electrons. The highest BCUT2D eigenvalue weighted by molar-refractivity contribution is 7.89. The molecule has 0 atom stereocenters. The molecular weight excluding hydrogens is 469 g/mol. The zero-order valence-corrected chi connectivity index (χ0v) is 20.7. The number of aryl methyl sites for hydroxylation is 1. The number of anilines is 1. The van der Waals surface area contributed by atoms with Crippen LogP contribution < -0.4 is 10.6 Å². The Balaban J connectivity index is 1.68. The van der Waals surface area contributed by atoms with E-state index >= 15 is 0 Å². The molecule has 0 spiro atoms. The van der Waals surface area contributed by atoms with E-state index in [4.69, 9.17) is 0 Å². The molecule has 3 rings (SSSR count). The summed E-state index contributed by atoms with van der Waals surface area (Å²) in [6, 6.07) is 16.9. The Hall–Kier alpha value is -3.56. The van der Waals surface area contributed by atoms with Crippen molar-refractivity contribution < 1.29 is 22.4 Å². The third-order valence-corrected chi connectivity index (χ3v) is 7.65. The zero-order chi connectivity index (χ0) is 25.6. The van der Waals surface area contributed by atoms with Gasteiger partial charge in [0.1, 0.15) is 5.82 Å². The molecule has 0 unspecified atom stereocenters. The fourth-order valence-electron chi connectivity index (χ4n) is 3.51. The summed E-state index contributed by atoms with van der Waals surface area (Å²) in [6.45, 7) is 6.30. The van der Waals surface area contributed by atoms with E-state index in [0.717, 1.165) is 11.1 Å². The van der Waals surface area contributed by atoms with Crippen molar-refractivity contribution in [1.29, 1.82) is 0 Å². The van der Waals surface area contributed by atoms with Crippen molar-refractivity contribution in [2.24, 2.45) is 0 Å². The lowest BCUT2D eigenvalue weighted by Gasteiger charge is -2.18. The van der Waals surface area contributed by atoms with Crippen molar-refractivity contribution in [2.75, 3.05) is 18.4 Å². The topological polar surface area (TPSA) is 95.6 Å². The molecule has 3 aromatic rings. The summed E-state index contributed by atoms with van der Waals surface area (Å²) in [5.74, 6) is -1.61. The van der Waals surface area contributed by atoms with Crippen LogP contribution in [-0.4, -0.2) is 37.6 Å². The Morgan fingerprint density at radius 2 is 1.57 bits per heavy atom. The van der Waals surface area contributed by atoms with Crippen molar-refractivity contribution in [2.45, 2.75) is 32.2 Å². The Morgan fingerprint density at radius 3 is 2.20 bits per heavy atom. The Morgan fingerprint density at radius 1 is 0.914 bits per heavy atom. The maximum absolute atomic E-state index is 13.9. The van der Waals surface area contributed by atoms with Crippen LogP contribution in [0.1, 0.15) is 45.7 Å². The molecule has 2 amide bonds. The lowest BCUT2D eigenvalue weighted by molar-refractivity contribution is 0.0949. The van der Waals surface area contributed by atoms with Gasteiger partial charge < -0.3 is 10.6 Å². The molecule has 0 aliphatic rings. The smallest absolute Gasteiger partial charge is 0.258 e. The minimum absolute atomic E-state index is 0.0896. The highest BCUT2D eigenvalue weighted by Crippen LogP contribution is 2.20. The van der Waals surface area contributed by atoms with E-state index in [1.54, 1.807) is 51.1 Å². The van der Waals surface area contributed by atoms with Crippen LogP contribution in [0.3, 0.4) is 0 Å². The van der Waals surface area contributed by atoms with Crippen molar-refractivity contribution in [3.8, 4) is 0 Å². The molecule has 0 aromatic heterocycles. The normalized spacial score (nSPS) is 11.3. The number of benzene rings is 3. The highest BCUT2D eigenvalue weighted by Gasteiger charge is 2.21. The van der Waals surface area contributed by atoms with Crippen LogP contribution >= 0.6 is 0 Å². The number of carbonyl (C=O) groups is 2. The lowest BCUT2D eigenvalue weighted by atomic mass is 10.1. The molecular formula is C26H28FN3O4S. The summed E-state index contributed by atoms with van der Waals surface area (Å²) < 4.78 is 40.5. The fraction of sp³-hybridized carbons (Fsp3) is 0.231. The number of halogens is 1. The second kappa shape index (κ2) is 11.2. The van der Waals surface area contributed by atoms with Crippen LogP contribution in [0.2, 0.25) is 0 Å². The fourth-order valence-corrected chi connectivity index (χ4v) is 4.97. The minimum atomic E-state index is -3.55. The number of sulfonamides is 1. The number of nitrogens with one attached hydrogen (secondary N) is 2. The first-order valence-corrected chi connectivity index (χ1v) is 12.6. The van der Waals surface area contributed by atoms with Crippen LogP contribution in [0.4, 0.5) is 10.1 Å². The largest absolute Gasteiger partial charge is 0.348 e. The summed E-state index contributed by atoms with van der Waals surface area (Å²) in [4.78, 5) is 25.4. The standard InChI is InChI=1S/C26H28FN3O4S/c1-4-30(5-2)35(33,34)21-14-11-19(12-15-21)17-28-25(31)20-13-10-18(3)24(16-20)29-26(32)22-8-6-7-9-23(22)27/h6-16H,4-5,17H2,1-3H3,(H,28,31)(H,29,32). The SMILES string of the molecule is CCN(CC)S(=O)(=O)c1ccc(CNC(=O)c2ccc(C)c(NC(=O)c3ccccc3F)c2)cc1. The Kier molecular flexibility index (Phi) is 8.37. The maximum atomic E-state index is 13.9. The van der Waals surface area contributed by atoms with E-state index in [9.17, 15) is 22.4 Å². The summed E-state index contributed by atoms with van der Waals surface area (Å²) in [5.41, 5.74) is 2.08. The number of nitrogens with zero attached hydrogens (tertiary/aromatic N) is 1. The molecule has 0 saturated carbocycles. The molecule has 0 fully saturated rings. The van der Waals surface area contributed by atoms with E-state index in [1.165, 1.54) is 40.7 Å². The zero-order valence-electron chi connectivity index (χ0n) is 19.8. The molecule has 9 heteroatoms. The predicted molar refractivity (Wildman–Crippen MR) is 133 cm³/mol. The van der Waals surface area contributed by atoms with Gasteiger partial charge in [-0.25, -0.2) is 12.8 Å². The van der Waals surface area contributed by atoms with Gasteiger partial charge in [0.2, 0.25) is 10.0 Å². The van der Waals surface area contributed by atoms with Gasteiger partial charge in [0.05, 0.1) is 10.5 Å². The molecule has 0 saturated heterocycles. The van der Waals surface area contributed by atoms with Crippen molar-refractivity contribution >= 4 is 27.5 Å². The summed E-state index contributed by atoms with van der Waals surface area (Å²) in [7, 11) is -3.55. The van der Waals surface area contributed by atoms with Gasteiger partial charge in [-0.2, -0.15) is 4.31 Å². The van der Waals surface area contributed by atoms with Gasteiger partial charge in [0.25, 0.3) is 11.8 Å². The summed E-state index contributed by atoms with van der Waals surface area (Å²) in [5, 5.41) is 5.44. The van der Waals surface area contributed by atoms with Crippen LogP contribution in [0, 0.1) is 12.7 Å². The van der Waals surface area contributed by atoms with Crippen LogP contribution in [0.15, 0.2) is 71.6 Å². The van der Waals surface area contributed by atoms with E-state index in [2.05, 4.69) is 10.6 Å². The van der Waals surface area contributed by atoms with E-state index in [0.29, 0.717) is 24.3 Å². The van der Waals surface area contributed by atoms with Crippen molar-refractivity contribution in [1.82, 2.24) is 9.62 Å². The third kappa shape index (κ3) is 6.12. The molecule has 0 bridgehead atoms. The quantitative estimate of drug-likeness (QED) is 0.460. The number of amides is 2. The Labute approximate surface area is 205 Å². The monoisotopic (exact) mass is 497 g/mol.